The molecular weight excluding hydrogens is 388 g/mol. The van der Waals surface area contributed by atoms with Gasteiger partial charge in [-0.3, -0.25) is 0 Å². The van der Waals surface area contributed by atoms with Crippen molar-refractivity contribution in [2.24, 2.45) is 5.18 Å². The largest absolute Gasteiger partial charge is 0.507 e. The van der Waals surface area contributed by atoms with Gasteiger partial charge < -0.3 is 20.5 Å². The minimum absolute atomic E-state index is 0.149. The van der Waals surface area contributed by atoms with Crippen molar-refractivity contribution in [3.63, 3.8) is 0 Å². The molecule has 0 saturated carbocycles. The molecule has 0 radical (unpaired) electrons. The molecule has 5 rings (SSSR count). The highest BCUT2D eigenvalue weighted by Crippen LogP contribution is 2.44. The second kappa shape index (κ2) is 6.62. The van der Waals surface area contributed by atoms with E-state index in [1.165, 1.54) is 12.1 Å². The Balaban J connectivity index is 1.83. The lowest BCUT2D eigenvalue weighted by Crippen LogP contribution is -2.13. The number of carbonyl (C=O) groups is 1. The summed E-state index contributed by atoms with van der Waals surface area (Å²) in [6.07, 6.45) is 3.39. The van der Waals surface area contributed by atoms with Crippen LogP contribution >= 0.6 is 0 Å². The highest BCUT2D eigenvalue weighted by molar-refractivity contribution is 6.01. The molecular formula is C20H14N6O4. The molecule has 0 amide bonds. The maximum Gasteiger partial charge on any atom is 0.339 e. The van der Waals surface area contributed by atoms with Crippen LogP contribution in [0.5, 0.6) is 5.75 Å². The van der Waals surface area contributed by atoms with Gasteiger partial charge in [-0.25, -0.2) is 9.78 Å². The first-order valence-corrected chi connectivity index (χ1v) is 9.02. The summed E-state index contributed by atoms with van der Waals surface area (Å²) in [6.45, 7) is -0.149. The molecule has 10 heteroatoms. The van der Waals surface area contributed by atoms with E-state index in [0.29, 0.717) is 28.3 Å². The molecule has 1 aromatic carbocycles. The SMILES string of the molecule is O=NCc1nnc2[nH]cc3c2c1-c1cccnc1NC3c1ccc(O)c(C(=O)O)c1. The van der Waals surface area contributed by atoms with Crippen LogP contribution in [0.25, 0.3) is 22.2 Å². The van der Waals surface area contributed by atoms with Gasteiger partial charge in [-0.1, -0.05) is 11.2 Å². The second-order valence-corrected chi connectivity index (χ2v) is 6.84. The highest BCUT2D eigenvalue weighted by atomic mass is 16.4. The lowest BCUT2D eigenvalue weighted by atomic mass is 9.95. The third kappa shape index (κ3) is 2.58. The highest BCUT2D eigenvalue weighted by Gasteiger charge is 2.30. The Morgan fingerprint density at radius 2 is 2.10 bits per heavy atom. The topological polar surface area (TPSA) is 153 Å². The average molecular weight is 402 g/mol. The van der Waals surface area contributed by atoms with Gasteiger partial charge in [0, 0.05) is 34.5 Å². The van der Waals surface area contributed by atoms with Gasteiger partial charge >= 0.3 is 5.97 Å². The van der Waals surface area contributed by atoms with Crippen LogP contribution in [0.4, 0.5) is 5.82 Å². The molecule has 1 aliphatic heterocycles. The van der Waals surface area contributed by atoms with Crippen molar-refractivity contribution < 1.29 is 15.0 Å². The van der Waals surface area contributed by atoms with E-state index in [2.05, 4.69) is 30.7 Å². The number of anilines is 1. The number of hydrogen-bond acceptors (Lipinski definition) is 8. The number of aromatic amines is 1. The third-order valence-electron chi connectivity index (χ3n) is 5.17. The third-order valence-corrected chi connectivity index (χ3v) is 5.17. The number of nitrogens with zero attached hydrogens (tertiary/aromatic N) is 4. The number of rotatable bonds is 4. The minimum Gasteiger partial charge on any atom is -0.507 e. The van der Waals surface area contributed by atoms with E-state index in [4.69, 9.17) is 0 Å². The number of aromatic hydroxyl groups is 1. The number of H-pyrrole nitrogens is 1. The van der Waals surface area contributed by atoms with Gasteiger partial charge in [0.25, 0.3) is 0 Å². The smallest absolute Gasteiger partial charge is 0.339 e. The molecule has 0 fully saturated rings. The number of carboxylic acids is 1. The zero-order valence-electron chi connectivity index (χ0n) is 15.3. The summed E-state index contributed by atoms with van der Waals surface area (Å²) in [4.78, 5) is 30.0. The van der Waals surface area contributed by atoms with E-state index >= 15 is 0 Å². The predicted molar refractivity (Wildman–Crippen MR) is 107 cm³/mol. The summed E-state index contributed by atoms with van der Waals surface area (Å²) in [5, 5.41) is 34.7. The number of nitrogens with one attached hydrogen (secondary N) is 2. The van der Waals surface area contributed by atoms with Gasteiger partial charge in [0.1, 0.15) is 23.7 Å². The molecule has 4 heterocycles. The zero-order valence-corrected chi connectivity index (χ0v) is 15.3. The van der Waals surface area contributed by atoms with E-state index in [9.17, 15) is 19.9 Å². The Morgan fingerprint density at radius 3 is 2.90 bits per heavy atom. The Kier molecular flexibility index (Phi) is 3.91. The molecule has 10 nitrogen and oxygen atoms in total. The number of aromatic nitrogens is 4. The van der Waals surface area contributed by atoms with Gasteiger partial charge in [-0.05, 0) is 29.8 Å². The van der Waals surface area contributed by atoms with E-state index in [-0.39, 0.29) is 17.9 Å². The maximum absolute atomic E-state index is 11.5. The fourth-order valence-electron chi connectivity index (χ4n) is 3.87. The number of carboxylic acid groups (broad SMARTS) is 1. The first kappa shape index (κ1) is 17.7. The van der Waals surface area contributed by atoms with Crippen LogP contribution in [0.3, 0.4) is 0 Å². The summed E-state index contributed by atoms with van der Waals surface area (Å²) in [5.41, 5.74) is 3.57. The van der Waals surface area contributed by atoms with Crippen LogP contribution < -0.4 is 5.32 Å². The van der Waals surface area contributed by atoms with Crippen LogP contribution in [0.1, 0.15) is 33.2 Å². The van der Waals surface area contributed by atoms with Crippen molar-refractivity contribution in [1.29, 1.82) is 0 Å². The summed E-state index contributed by atoms with van der Waals surface area (Å²) in [6, 6.07) is 7.56. The van der Waals surface area contributed by atoms with Crippen LogP contribution in [0.2, 0.25) is 0 Å². The van der Waals surface area contributed by atoms with Gasteiger partial charge in [0.15, 0.2) is 5.65 Å². The molecule has 1 aliphatic rings. The van der Waals surface area contributed by atoms with Crippen LogP contribution in [-0.4, -0.2) is 36.3 Å². The average Bonchev–Trinajstić information content (AvgIpc) is 3.10. The van der Waals surface area contributed by atoms with Crippen molar-refractivity contribution in [3.8, 4) is 16.9 Å². The Labute approximate surface area is 168 Å². The van der Waals surface area contributed by atoms with Crippen molar-refractivity contribution >= 4 is 22.8 Å². The number of hydrogen-bond donors (Lipinski definition) is 4. The normalized spacial score (nSPS) is 14.6. The lowest BCUT2D eigenvalue weighted by Gasteiger charge is -2.19. The number of pyridine rings is 1. The molecule has 1 atom stereocenters. The molecule has 148 valence electrons. The van der Waals surface area contributed by atoms with Gasteiger partial charge in [0.05, 0.1) is 11.7 Å². The quantitative estimate of drug-likeness (QED) is 0.380. The zero-order chi connectivity index (χ0) is 20.8. The van der Waals surface area contributed by atoms with E-state index < -0.39 is 12.0 Å². The molecule has 0 aliphatic carbocycles. The molecule has 3 aromatic heterocycles. The number of nitroso groups, excluding NO2 is 1. The maximum atomic E-state index is 11.5. The molecule has 30 heavy (non-hydrogen) atoms. The second-order valence-electron chi connectivity index (χ2n) is 6.84. The van der Waals surface area contributed by atoms with E-state index in [1.54, 1.807) is 24.5 Å². The predicted octanol–water partition coefficient (Wildman–Crippen LogP) is 3.21. The summed E-state index contributed by atoms with van der Waals surface area (Å²) >= 11 is 0. The summed E-state index contributed by atoms with van der Waals surface area (Å²) < 4.78 is 0. The molecule has 0 spiro atoms. The van der Waals surface area contributed by atoms with Crippen LogP contribution in [0.15, 0.2) is 47.9 Å². The first-order chi connectivity index (χ1) is 14.6. The van der Waals surface area contributed by atoms with E-state index in [0.717, 1.165) is 16.5 Å². The van der Waals surface area contributed by atoms with Crippen molar-refractivity contribution in [2.75, 3.05) is 5.32 Å². The number of aromatic carboxylic acids is 1. The Bertz CT molecular complexity index is 1330. The molecule has 1 unspecified atom stereocenters. The minimum atomic E-state index is -1.23. The van der Waals surface area contributed by atoms with Gasteiger partial charge in [-0.15, -0.1) is 5.10 Å². The lowest BCUT2D eigenvalue weighted by molar-refractivity contribution is 0.0693. The monoisotopic (exact) mass is 402 g/mol. The Hall–Kier alpha value is -4.34. The molecule has 4 aromatic rings. The van der Waals surface area contributed by atoms with E-state index in [1.807, 2.05) is 6.07 Å². The van der Waals surface area contributed by atoms with Crippen LogP contribution in [0, 0.1) is 4.91 Å². The van der Waals surface area contributed by atoms with Gasteiger partial charge in [0.2, 0.25) is 0 Å². The molecule has 0 bridgehead atoms. The number of benzene rings is 1. The van der Waals surface area contributed by atoms with Crippen molar-refractivity contribution in [3.05, 3.63) is 70.0 Å². The molecule has 0 saturated heterocycles. The fraction of sp³-hybridized carbons (Fsp3) is 0.100. The van der Waals surface area contributed by atoms with Crippen molar-refractivity contribution in [2.45, 2.75) is 12.6 Å². The summed E-state index contributed by atoms with van der Waals surface area (Å²) in [7, 11) is 0. The first-order valence-electron chi connectivity index (χ1n) is 9.02. The Morgan fingerprint density at radius 1 is 1.23 bits per heavy atom. The number of phenols is 1. The summed E-state index contributed by atoms with van der Waals surface area (Å²) in [5.74, 6) is -1.00. The number of fused-ring (bicyclic) bond motifs is 2. The van der Waals surface area contributed by atoms with Crippen molar-refractivity contribution in [1.82, 2.24) is 20.2 Å². The van der Waals surface area contributed by atoms with Crippen LogP contribution in [-0.2, 0) is 6.54 Å². The fourth-order valence-corrected chi connectivity index (χ4v) is 3.87. The van der Waals surface area contributed by atoms with Gasteiger partial charge in [-0.2, -0.15) is 10.0 Å². The standard InChI is InChI=1S/C20H14N6O4/c27-14-4-3-9(6-11(14)20(28)29)17-12-7-22-19-16(12)15(13(8-23-30)25-26-19)10-2-1-5-21-18(10)24-17/h1-7,17,27H,8H2,(H,21,24)(H,22,26)(H,28,29). The molecule has 4 N–H and O–H groups in total.